The molecule has 1 saturated heterocycles. The van der Waals surface area contributed by atoms with Gasteiger partial charge < -0.3 is 4.90 Å². The lowest BCUT2D eigenvalue weighted by atomic mass is 10.0. The van der Waals surface area contributed by atoms with Crippen molar-refractivity contribution in [3.05, 3.63) is 63.6 Å². The van der Waals surface area contributed by atoms with E-state index in [-0.39, 0.29) is 17.5 Å². The van der Waals surface area contributed by atoms with Crippen LogP contribution in [0.4, 0.5) is 0 Å². The Labute approximate surface area is 147 Å². The number of likely N-dealkylation sites (tertiary alicyclic amines) is 1. The second-order valence-electron chi connectivity index (χ2n) is 7.20. The van der Waals surface area contributed by atoms with Crippen molar-refractivity contribution < 1.29 is 4.79 Å². The number of benzene rings is 1. The molecule has 1 aromatic carbocycles. The number of nitrogens with zero attached hydrogens (tertiary/aromatic N) is 3. The molecule has 0 atom stereocenters. The Morgan fingerprint density at radius 3 is 2.32 bits per heavy atom. The molecule has 1 saturated carbocycles. The summed E-state index contributed by atoms with van der Waals surface area (Å²) in [5.41, 5.74) is 2.89. The van der Waals surface area contributed by atoms with Crippen LogP contribution >= 0.6 is 0 Å². The molecule has 2 fully saturated rings. The third-order valence-corrected chi connectivity index (χ3v) is 5.24. The van der Waals surface area contributed by atoms with Crippen molar-refractivity contribution in [1.29, 1.82) is 0 Å². The minimum Gasteiger partial charge on any atom is -0.338 e. The summed E-state index contributed by atoms with van der Waals surface area (Å²) in [7, 11) is 0. The highest BCUT2D eigenvalue weighted by Gasteiger charge is 2.28. The van der Waals surface area contributed by atoms with Gasteiger partial charge >= 0.3 is 0 Å². The fourth-order valence-corrected chi connectivity index (χ4v) is 3.49. The molecule has 5 heteroatoms. The maximum absolute atomic E-state index is 12.6. The maximum atomic E-state index is 12.6. The van der Waals surface area contributed by atoms with Gasteiger partial charge in [-0.2, -0.15) is 5.10 Å². The lowest BCUT2D eigenvalue weighted by Gasteiger charge is -2.32. The molecule has 1 aliphatic heterocycles. The second-order valence-corrected chi connectivity index (χ2v) is 7.20. The lowest BCUT2D eigenvalue weighted by molar-refractivity contribution is 0.0687. The molecule has 2 aliphatic rings. The Hall–Kier alpha value is -2.43. The fourth-order valence-electron chi connectivity index (χ4n) is 3.49. The average Bonchev–Trinajstić information content (AvgIpc) is 3.48. The lowest BCUT2D eigenvalue weighted by Crippen LogP contribution is -2.41. The van der Waals surface area contributed by atoms with Gasteiger partial charge in [0, 0.05) is 30.6 Å². The molecule has 4 rings (SSSR count). The largest absolute Gasteiger partial charge is 0.338 e. The smallest absolute Gasteiger partial charge is 0.267 e. The highest BCUT2D eigenvalue weighted by molar-refractivity contribution is 5.94. The van der Waals surface area contributed by atoms with E-state index in [1.807, 2.05) is 42.2 Å². The summed E-state index contributed by atoms with van der Waals surface area (Å²) >= 11 is 0. The Balaban J connectivity index is 1.44. The molecule has 2 heterocycles. The summed E-state index contributed by atoms with van der Waals surface area (Å²) in [6.07, 6.45) is 3.90. The molecule has 0 N–H and O–H groups in total. The number of piperidine rings is 1. The van der Waals surface area contributed by atoms with E-state index >= 15 is 0 Å². The first-order valence-corrected chi connectivity index (χ1v) is 9.07. The fraction of sp³-hybridized carbons (Fsp3) is 0.450. The van der Waals surface area contributed by atoms with Crippen molar-refractivity contribution in [1.82, 2.24) is 14.7 Å². The monoisotopic (exact) mass is 337 g/mol. The van der Waals surface area contributed by atoms with E-state index in [0.717, 1.165) is 29.7 Å². The number of rotatable bonds is 3. The molecule has 25 heavy (non-hydrogen) atoms. The summed E-state index contributed by atoms with van der Waals surface area (Å²) in [4.78, 5) is 26.7. The average molecular weight is 337 g/mol. The van der Waals surface area contributed by atoms with Crippen LogP contribution in [0.5, 0.6) is 0 Å². The summed E-state index contributed by atoms with van der Waals surface area (Å²) in [5.74, 6) is 0.612. The Kier molecular flexibility index (Phi) is 4.15. The molecule has 0 radical (unpaired) electrons. The van der Waals surface area contributed by atoms with Crippen LogP contribution in [0.3, 0.4) is 0 Å². The van der Waals surface area contributed by atoms with Gasteiger partial charge in [0.2, 0.25) is 0 Å². The number of aryl methyl sites for hydroxylation is 1. The summed E-state index contributed by atoms with van der Waals surface area (Å²) in [6, 6.07) is 11.3. The minimum absolute atomic E-state index is 0.0345. The number of carbonyl (C=O) groups is 1. The van der Waals surface area contributed by atoms with Crippen LogP contribution in [-0.2, 0) is 0 Å². The number of carbonyl (C=O) groups excluding carboxylic acids is 1. The molecular weight excluding hydrogens is 314 g/mol. The number of amides is 1. The van der Waals surface area contributed by atoms with E-state index in [0.29, 0.717) is 19.0 Å². The first-order valence-electron chi connectivity index (χ1n) is 9.07. The van der Waals surface area contributed by atoms with E-state index in [2.05, 4.69) is 5.10 Å². The van der Waals surface area contributed by atoms with Gasteiger partial charge in [-0.15, -0.1) is 0 Å². The van der Waals surface area contributed by atoms with E-state index in [4.69, 9.17) is 0 Å². The quantitative estimate of drug-likeness (QED) is 0.865. The van der Waals surface area contributed by atoms with Crippen molar-refractivity contribution in [3.8, 4) is 0 Å². The van der Waals surface area contributed by atoms with Crippen LogP contribution in [0.1, 0.15) is 59.3 Å². The first-order chi connectivity index (χ1) is 12.1. The topological polar surface area (TPSA) is 55.2 Å². The third-order valence-electron chi connectivity index (χ3n) is 5.24. The molecule has 0 bridgehead atoms. The van der Waals surface area contributed by atoms with E-state index in [1.165, 1.54) is 12.8 Å². The molecule has 2 aromatic rings. The van der Waals surface area contributed by atoms with Gasteiger partial charge in [-0.05, 0) is 50.8 Å². The van der Waals surface area contributed by atoms with Crippen molar-refractivity contribution >= 4 is 5.91 Å². The number of aromatic nitrogens is 2. The second kappa shape index (κ2) is 6.47. The van der Waals surface area contributed by atoms with Crippen LogP contribution in [0.25, 0.3) is 0 Å². The van der Waals surface area contributed by atoms with Gasteiger partial charge in [0.25, 0.3) is 11.5 Å². The van der Waals surface area contributed by atoms with Crippen LogP contribution in [0.2, 0.25) is 0 Å². The van der Waals surface area contributed by atoms with Crippen LogP contribution in [-0.4, -0.2) is 33.7 Å². The van der Waals surface area contributed by atoms with Gasteiger partial charge in [-0.3, -0.25) is 9.59 Å². The molecule has 130 valence electrons. The number of hydrogen-bond acceptors (Lipinski definition) is 3. The Morgan fingerprint density at radius 2 is 1.68 bits per heavy atom. The van der Waals surface area contributed by atoms with Crippen molar-refractivity contribution in [2.75, 3.05) is 13.1 Å². The highest BCUT2D eigenvalue weighted by Crippen LogP contribution is 2.38. The zero-order valence-corrected chi connectivity index (χ0v) is 14.5. The van der Waals surface area contributed by atoms with E-state index < -0.39 is 0 Å². The molecule has 1 aromatic heterocycles. The molecular formula is C20H23N3O2. The summed E-state index contributed by atoms with van der Waals surface area (Å²) in [6.45, 7) is 3.35. The summed E-state index contributed by atoms with van der Waals surface area (Å²) < 4.78 is 1.65. The Bertz CT molecular complexity index is 829. The summed E-state index contributed by atoms with van der Waals surface area (Å²) in [5, 5.41) is 4.60. The van der Waals surface area contributed by atoms with Gasteiger partial charge in [-0.1, -0.05) is 17.7 Å². The maximum Gasteiger partial charge on any atom is 0.267 e. The van der Waals surface area contributed by atoms with Gasteiger partial charge in [-0.25, -0.2) is 4.68 Å². The van der Waals surface area contributed by atoms with Crippen LogP contribution < -0.4 is 5.56 Å². The van der Waals surface area contributed by atoms with Crippen molar-refractivity contribution in [2.24, 2.45) is 0 Å². The van der Waals surface area contributed by atoms with Crippen LogP contribution in [0, 0.1) is 6.92 Å². The first kappa shape index (κ1) is 16.1. The van der Waals surface area contributed by atoms with Crippen molar-refractivity contribution in [3.63, 3.8) is 0 Å². The predicted octanol–water partition coefficient (Wildman–Crippen LogP) is 2.91. The molecule has 1 amide bonds. The predicted molar refractivity (Wildman–Crippen MR) is 95.8 cm³/mol. The number of hydrogen-bond donors (Lipinski definition) is 0. The van der Waals surface area contributed by atoms with Gasteiger partial charge in [0.05, 0.1) is 11.7 Å². The zero-order valence-electron chi connectivity index (χ0n) is 14.5. The standard InChI is InChI=1S/C20H23N3O2/c1-14-2-4-16(5-3-14)20(25)22-12-10-17(11-13-22)23-19(24)9-8-18(21-23)15-6-7-15/h2-5,8-9,15,17H,6-7,10-13H2,1H3. The SMILES string of the molecule is Cc1ccc(C(=O)N2CCC(n3nc(C4CC4)ccc3=O)CC2)cc1. The van der Waals surface area contributed by atoms with Gasteiger partial charge in [0.15, 0.2) is 0 Å². The zero-order chi connectivity index (χ0) is 17.4. The minimum atomic E-state index is -0.0345. The van der Waals surface area contributed by atoms with E-state index in [9.17, 15) is 9.59 Å². The highest BCUT2D eigenvalue weighted by atomic mass is 16.2. The molecule has 0 unspecified atom stereocenters. The normalized spacial score (nSPS) is 18.4. The third kappa shape index (κ3) is 3.36. The van der Waals surface area contributed by atoms with Gasteiger partial charge in [0.1, 0.15) is 0 Å². The van der Waals surface area contributed by atoms with Crippen LogP contribution in [0.15, 0.2) is 41.2 Å². The molecule has 0 spiro atoms. The molecule has 1 aliphatic carbocycles. The molecule has 5 nitrogen and oxygen atoms in total. The Morgan fingerprint density at radius 1 is 1.00 bits per heavy atom. The van der Waals surface area contributed by atoms with E-state index in [1.54, 1.807) is 10.7 Å². The van der Waals surface area contributed by atoms with Crippen molar-refractivity contribution in [2.45, 2.75) is 44.6 Å².